The van der Waals surface area contributed by atoms with E-state index in [4.69, 9.17) is 0 Å². The van der Waals surface area contributed by atoms with Crippen LogP contribution in [0.1, 0.15) is 48.2 Å². The number of pyridine rings is 1. The lowest BCUT2D eigenvalue weighted by atomic mass is 9.75. The molecule has 0 unspecified atom stereocenters. The lowest BCUT2D eigenvalue weighted by Crippen LogP contribution is -2.59. The van der Waals surface area contributed by atoms with E-state index in [1.807, 2.05) is 54.6 Å². The van der Waals surface area contributed by atoms with Gasteiger partial charge in [-0.2, -0.15) is 4.57 Å². The molecule has 0 N–H and O–H groups in total. The van der Waals surface area contributed by atoms with Crippen molar-refractivity contribution in [1.29, 1.82) is 0 Å². The minimum absolute atomic E-state index is 0.0460. The van der Waals surface area contributed by atoms with E-state index in [0.717, 1.165) is 24.0 Å². The molecule has 0 fully saturated rings. The highest BCUT2D eigenvalue weighted by atomic mass is 16.1. The Bertz CT molecular complexity index is 1350. The first-order valence-corrected chi connectivity index (χ1v) is 11.6. The summed E-state index contributed by atoms with van der Waals surface area (Å²) in [6.45, 7) is 9.05. The Labute approximate surface area is 195 Å². The average Bonchev–Trinajstić information content (AvgIpc) is 2.89. The Hall–Kier alpha value is -3.78. The van der Waals surface area contributed by atoms with Gasteiger partial charge in [0.05, 0.1) is 5.56 Å². The fourth-order valence-corrected chi connectivity index (χ4v) is 5.22. The molecular formula is C31H28NO+. The summed E-state index contributed by atoms with van der Waals surface area (Å²) in [4.78, 5) is 12.8. The molecule has 2 heteroatoms. The topological polar surface area (TPSA) is 20.9 Å². The highest BCUT2D eigenvalue weighted by Gasteiger charge is 2.46. The summed E-state index contributed by atoms with van der Waals surface area (Å²) < 4.78 is 2.41. The zero-order valence-corrected chi connectivity index (χ0v) is 19.2. The Balaban J connectivity index is 1.55. The van der Waals surface area contributed by atoms with Gasteiger partial charge in [-0.25, -0.2) is 0 Å². The molecule has 3 aromatic carbocycles. The van der Waals surface area contributed by atoms with Crippen LogP contribution < -0.4 is 4.57 Å². The van der Waals surface area contributed by atoms with Crippen LogP contribution in [-0.2, 0) is 5.54 Å². The number of carbonyl (C=O) groups excluding carboxylic acids is 1. The highest BCUT2D eigenvalue weighted by Crippen LogP contribution is 2.44. The second kappa shape index (κ2) is 8.29. The van der Waals surface area contributed by atoms with Crippen LogP contribution in [-0.4, -0.2) is 5.78 Å². The van der Waals surface area contributed by atoms with E-state index in [-0.39, 0.29) is 11.3 Å². The van der Waals surface area contributed by atoms with Crippen LogP contribution in [0, 0.1) is 0 Å². The van der Waals surface area contributed by atoms with Gasteiger partial charge in [0.1, 0.15) is 0 Å². The maximum absolute atomic E-state index is 12.8. The number of ketones is 1. The van der Waals surface area contributed by atoms with Crippen molar-refractivity contribution >= 4 is 11.4 Å². The van der Waals surface area contributed by atoms with Crippen LogP contribution in [0.15, 0.2) is 104 Å². The molecule has 0 aliphatic carbocycles. The van der Waals surface area contributed by atoms with E-state index in [0.29, 0.717) is 11.1 Å². The number of aromatic nitrogens is 1. The maximum Gasteiger partial charge on any atom is 0.213 e. The van der Waals surface area contributed by atoms with Crippen LogP contribution in [0.3, 0.4) is 0 Å². The Morgan fingerprint density at radius 2 is 1.39 bits per heavy atom. The van der Waals surface area contributed by atoms with Gasteiger partial charge in [-0.05, 0) is 28.8 Å². The van der Waals surface area contributed by atoms with Gasteiger partial charge in [-0.15, -0.1) is 0 Å². The third kappa shape index (κ3) is 3.34. The monoisotopic (exact) mass is 430 g/mol. The molecule has 0 amide bonds. The molecule has 1 aromatic heterocycles. The number of benzene rings is 3. The van der Waals surface area contributed by atoms with Gasteiger partial charge in [0.15, 0.2) is 17.5 Å². The van der Waals surface area contributed by atoms with E-state index in [1.165, 1.54) is 22.4 Å². The van der Waals surface area contributed by atoms with Crippen molar-refractivity contribution in [2.45, 2.75) is 32.2 Å². The molecule has 2 nitrogen and oxygen atoms in total. The summed E-state index contributed by atoms with van der Waals surface area (Å²) in [6, 6.07) is 30.4. The fourth-order valence-electron chi connectivity index (χ4n) is 5.22. The number of hydrogen-bond acceptors (Lipinski definition) is 1. The molecule has 4 aromatic rings. The zero-order valence-electron chi connectivity index (χ0n) is 19.2. The third-order valence-electron chi connectivity index (χ3n) is 7.19. The molecule has 0 saturated carbocycles. The summed E-state index contributed by atoms with van der Waals surface area (Å²) in [5.74, 6) is 0.0460. The largest absolute Gasteiger partial charge is 0.289 e. The summed E-state index contributed by atoms with van der Waals surface area (Å²) in [5, 5.41) is 0. The van der Waals surface area contributed by atoms with Crippen molar-refractivity contribution in [2.75, 3.05) is 0 Å². The van der Waals surface area contributed by atoms with E-state index < -0.39 is 0 Å². The molecule has 162 valence electrons. The first-order chi connectivity index (χ1) is 16.1. The van der Waals surface area contributed by atoms with Gasteiger partial charge in [0, 0.05) is 41.7 Å². The number of fused-ring (bicyclic) bond motifs is 3. The number of allylic oxidation sites excluding steroid dienone is 1. The Kier molecular flexibility index (Phi) is 5.30. The van der Waals surface area contributed by atoms with Crippen molar-refractivity contribution in [3.05, 3.63) is 120 Å². The molecule has 33 heavy (non-hydrogen) atoms. The first-order valence-electron chi connectivity index (χ1n) is 11.6. The molecule has 2 heterocycles. The van der Waals surface area contributed by atoms with Crippen molar-refractivity contribution in [3.63, 3.8) is 0 Å². The smallest absolute Gasteiger partial charge is 0.213 e. The summed E-state index contributed by atoms with van der Waals surface area (Å²) >= 11 is 0. The molecule has 0 saturated heterocycles. The van der Waals surface area contributed by atoms with Crippen LogP contribution >= 0.6 is 0 Å². The summed E-state index contributed by atoms with van der Waals surface area (Å²) in [6.07, 6.45) is 4.19. The number of carbonyl (C=O) groups is 1. The quantitative estimate of drug-likeness (QED) is 0.245. The zero-order chi connectivity index (χ0) is 23.0. The van der Waals surface area contributed by atoms with Crippen molar-refractivity contribution in [1.82, 2.24) is 0 Å². The van der Waals surface area contributed by atoms with Crippen LogP contribution in [0.25, 0.3) is 28.0 Å². The van der Waals surface area contributed by atoms with E-state index >= 15 is 0 Å². The molecular weight excluding hydrogens is 402 g/mol. The van der Waals surface area contributed by atoms with Crippen molar-refractivity contribution in [3.8, 4) is 22.4 Å². The molecule has 1 aliphatic rings. The predicted molar refractivity (Wildman–Crippen MR) is 135 cm³/mol. The molecule has 0 radical (unpaired) electrons. The van der Waals surface area contributed by atoms with Crippen LogP contribution in [0.4, 0.5) is 0 Å². The first kappa shape index (κ1) is 21.1. The minimum atomic E-state index is -0.0927. The second-order valence-corrected chi connectivity index (χ2v) is 8.71. The molecule has 0 atom stereocenters. The Morgan fingerprint density at radius 1 is 0.758 bits per heavy atom. The maximum atomic E-state index is 12.8. The highest BCUT2D eigenvalue weighted by molar-refractivity contribution is 6.09. The molecule has 0 bridgehead atoms. The van der Waals surface area contributed by atoms with E-state index in [1.54, 1.807) is 0 Å². The second-order valence-electron chi connectivity index (χ2n) is 8.71. The SMILES string of the molecule is C=C1c2ccc(-c3ccc(C(=O)c4ccccc4)cc3)cc2-c2cccc[n+]2C1(CC)CC. The standard InChI is InChI=1S/C31H28NO/c1-4-31(5-2)22(3)27-19-18-26(21-28(27)29-13-9-10-20-32(29)31)23-14-16-25(17-15-23)30(33)24-11-7-6-8-12-24/h6-21H,3-5H2,1-2H3/q+1. The van der Waals surface area contributed by atoms with Gasteiger partial charge in [0.2, 0.25) is 5.69 Å². The molecule has 0 spiro atoms. The lowest BCUT2D eigenvalue weighted by molar-refractivity contribution is -0.741. The number of nitrogens with zero attached hydrogens (tertiary/aromatic N) is 1. The fraction of sp³-hybridized carbons (Fsp3) is 0.161. The van der Waals surface area contributed by atoms with E-state index in [9.17, 15) is 4.79 Å². The molecule has 5 rings (SSSR count). The minimum Gasteiger partial charge on any atom is -0.289 e. The van der Waals surface area contributed by atoms with Crippen molar-refractivity contribution < 1.29 is 9.36 Å². The third-order valence-corrected chi connectivity index (χ3v) is 7.19. The van der Waals surface area contributed by atoms with Gasteiger partial charge in [-0.3, -0.25) is 4.79 Å². The number of hydrogen-bond donors (Lipinski definition) is 0. The van der Waals surface area contributed by atoms with Gasteiger partial charge in [-0.1, -0.05) is 87.2 Å². The Morgan fingerprint density at radius 3 is 2.09 bits per heavy atom. The number of rotatable bonds is 5. The predicted octanol–water partition coefficient (Wildman–Crippen LogP) is 7.08. The van der Waals surface area contributed by atoms with Crippen molar-refractivity contribution in [2.24, 2.45) is 0 Å². The van der Waals surface area contributed by atoms with Gasteiger partial charge >= 0.3 is 0 Å². The molecule has 1 aliphatic heterocycles. The van der Waals surface area contributed by atoms with Gasteiger partial charge < -0.3 is 0 Å². The summed E-state index contributed by atoms with van der Waals surface area (Å²) in [7, 11) is 0. The van der Waals surface area contributed by atoms with Gasteiger partial charge in [0.25, 0.3) is 0 Å². The van der Waals surface area contributed by atoms with Crippen LogP contribution in [0.2, 0.25) is 0 Å². The normalized spacial score (nSPS) is 13.8. The average molecular weight is 431 g/mol. The van der Waals surface area contributed by atoms with E-state index in [2.05, 4.69) is 67.6 Å². The van der Waals surface area contributed by atoms with Crippen LogP contribution in [0.5, 0.6) is 0 Å². The summed E-state index contributed by atoms with van der Waals surface area (Å²) in [5.41, 5.74) is 8.39. The lowest BCUT2D eigenvalue weighted by Gasteiger charge is -2.34.